The molecule has 1 aromatic carbocycles. The van der Waals surface area contributed by atoms with Crippen LogP contribution in [0.25, 0.3) is 0 Å². The lowest BCUT2D eigenvalue weighted by Crippen LogP contribution is -2.27. The number of benzene rings is 1. The molecule has 0 saturated carbocycles. The summed E-state index contributed by atoms with van der Waals surface area (Å²) in [7, 11) is 0. The van der Waals surface area contributed by atoms with Gasteiger partial charge in [-0.2, -0.15) is 0 Å². The molecule has 1 aromatic rings. The van der Waals surface area contributed by atoms with E-state index in [0.29, 0.717) is 24.6 Å². The van der Waals surface area contributed by atoms with Crippen molar-refractivity contribution in [3.05, 3.63) is 18.2 Å². The van der Waals surface area contributed by atoms with Gasteiger partial charge in [-0.05, 0) is 12.1 Å². The number of nitrogens with two attached hydrogens (primary N) is 1. The Balaban J connectivity index is 1.87. The maximum atomic E-state index is 11.6. The van der Waals surface area contributed by atoms with Crippen LogP contribution in [0.3, 0.4) is 0 Å². The third-order valence-electron chi connectivity index (χ3n) is 2.80. The standard InChI is InChI=1S/C11H12N2O4/c12-4-8-5-13(11(14)17-8)7-1-2-9-10(3-7)16-6-15-9/h1-3,8H,4-6,12H2. The highest BCUT2D eigenvalue weighted by Crippen LogP contribution is 2.36. The van der Waals surface area contributed by atoms with Crippen molar-refractivity contribution >= 4 is 11.8 Å². The van der Waals surface area contributed by atoms with Gasteiger partial charge in [-0.3, -0.25) is 4.90 Å². The first-order valence-electron chi connectivity index (χ1n) is 5.36. The summed E-state index contributed by atoms with van der Waals surface area (Å²) in [4.78, 5) is 13.2. The van der Waals surface area contributed by atoms with Crippen LogP contribution in [-0.4, -0.2) is 32.1 Å². The fourth-order valence-corrected chi connectivity index (χ4v) is 1.91. The molecule has 1 fully saturated rings. The average molecular weight is 236 g/mol. The van der Waals surface area contributed by atoms with Crippen LogP contribution in [0.5, 0.6) is 11.5 Å². The zero-order valence-corrected chi connectivity index (χ0v) is 9.09. The molecule has 0 aliphatic carbocycles. The van der Waals surface area contributed by atoms with Crippen LogP contribution >= 0.6 is 0 Å². The molecule has 2 N–H and O–H groups in total. The van der Waals surface area contributed by atoms with Gasteiger partial charge in [0.15, 0.2) is 11.5 Å². The molecule has 3 rings (SSSR count). The van der Waals surface area contributed by atoms with Crippen LogP contribution in [0.4, 0.5) is 10.5 Å². The SMILES string of the molecule is NCC1CN(c2ccc3c(c2)OCO3)C(=O)O1. The number of hydrogen-bond donors (Lipinski definition) is 1. The van der Waals surface area contributed by atoms with E-state index in [1.165, 1.54) is 0 Å². The Hall–Kier alpha value is -1.95. The van der Waals surface area contributed by atoms with E-state index in [0.717, 1.165) is 5.69 Å². The molecule has 90 valence electrons. The smallest absolute Gasteiger partial charge is 0.414 e. The molecule has 1 atom stereocenters. The molecule has 2 aliphatic rings. The molecule has 17 heavy (non-hydrogen) atoms. The predicted molar refractivity (Wildman–Crippen MR) is 59.2 cm³/mol. The Morgan fingerprint density at radius 1 is 1.35 bits per heavy atom. The van der Waals surface area contributed by atoms with E-state index in [4.69, 9.17) is 19.9 Å². The lowest BCUT2D eigenvalue weighted by atomic mass is 10.2. The van der Waals surface area contributed by atoms with Crippen molar-refractivity contribution in [1.82, 2.24) is 0 Å². The topological polar surface area (TPSA) is 74.0 Å². The van der Waals surface area contributed by atoms with Crippen LogP contribution in [0.15, 0.2) is 18.2 Å². The Kier molecular flexibility index (Phi) is 2.29. The van der Waals surface area contributed by atoms with E-state index in [9.17, 15) is 4.79 Å². The first-order chi connectivity index (χ1) is 8.28. The molecule has 1 unspecified atom stereocenters. The van der Waals surface area contributed by atoms with E-state index in [-0.39, 0.29) is 19.0 Å². The van der Waals surface area contributed by atoms with Gasteiger partial charge in [0.05, 0.1) is 12.2 Å². The van der Waals surface area contributed by atoms with Crippen molar-refractivity contribution in [3.63, 3.8) is 0 Å². The van der Waals surface area contributed by atoms with Crippen molar-refractivity contribution in [1.29, 1.82) is 0 Å². The molecule has 0 spiro atoms. The van der Waals surface area contributed by atoms with Crippen molar-refractivity contribution in [3.8, 4) is 11.5 Å². The van der Waals surface area contributed by atoms with E-state index in [1.54, 1.807) is 23.1 Å². The number of hydrogen-bond acceptors (Lipinski definition) is 5. The number of ether oxygens (including phenoxy) is 3. The molecule has 6 nitrogen and oxygen atoms in total. The Morgan fingerprint density at radius 2 is 2.18 bits per heavy atom. The molecule has 2 aliphatic heterocycles. The number of nitrogens with zero attached hydrogens (tertiary/aromatic N) is 1. The quantitative estimate of drug-likeness (QED) is 0.818. The lowest BCUT2D eigenvalue weighted by molar-refractivity contribution is 0.145. The summed E-state index contributed by atoms with van der Waals surface area (Å²) in [6.07, 6.45) is -0.618. The normalized spacial score (nSPS) is 21.8. The second kappa shape index (κ2) is 3.81. The first-order valence-corrected chi connectivity index (χ1v) is 5.36. The largest absolute Gasteiger partial charge is 0.454 e. The fraction of sp³-hybridized carbons (Fsp3) is 0.364. The van der Waals surface area contributed by atoms with Crippen LogP contribution in [0, 0.1) is 0 Å². The maximum absolute atomic E-state index is 11.6. The summed E-state index contributed by atoms with van der Waals surface area (Å²) in [5.41, 5.74) is 6.21. The maximum Gasteiger partial charge on any atom is 0.414 e. The number of cyclic esters (lactones) is 1. The van der Waals surface area contributed by atoms with E-state index in [2.05, 4.69) is 0 Å². The van der Waals surface area contributed by atoms with Crippen LogP contribution in [-0.2, 0) is 4.74 Å². The van der Waals surface area contributed by atoms with Gasteiger partial charge in [0.1, 0.15) is 6.10 Å². The molecule has 1 amide bonds. The number of anilines is 1. The Bertz CT molecular complexity index is 463. The minimum atomic E-state index is -0.376. The molecule has 0 radical (unpaired) electrons. The van der Waals surface area contributed by atoms with Gasteiger partial charge in [0.25, 0.3) is 0 Å². The van der Waals surface area contributed by atoms with Crippen molar-refractivity contribution in [2.45, 2.75) is 6.10 Å². The summed E-state index contributed by atoms with van der Waals surface area (Å²) in [6, 6.07) is 5.34. The molecule has 0 aromatic heterocycles. The summed E-state index contributed by atoms with van der Waals surface area (Å²) in [5, 5.41) is 0. The first kappa shape index (κ1) is 10.2. The van der Waals surface area contributed by atoms with Crippen molar-refractivity contribution < 1.29 is 19.0 Å². The third-order valence-corrected chi connectivity index (χ3v) is 2.80. The van der Waals surface area contributed by atoms with Gasteiger partial charge in [-0.1, -0.05) is 0 Å². The molecule has 2 heterocycles. The predicted octanol–water partition coefficient (Wildman–Crippen LogP) is 0.699. The van der Waals surface area contributed by atoms with Crippen molar-refractivity contribution in [2.24, 2.45) is 5.73 Å². The number of rotatable bonds is 2. The monoisotopic (exact) mass is 236 g/mol. The van der Waals surface area contributed by atoms with Gasteiger partial charge in [-0.25, -0.2) is 4.79 Å². The number of carbonyl (C=O) groups is 1. The number of carbonyl (C=O) groups excluding carboxylic acids is 1. The van der Waals surface area contributed by atoms with Gasteiger partial charge in [-0.15, -0.1) is 0 Å². The third kappa shape index (κ3) is 1.66. The Morgan fingerprint density at radius 3 is 2.94 bits per heavy atom. The zero-order valence-electron chi connectivity index (χ0n) is 9.09. The fourth-order valence-electron chi connectivity index (χ4n) is 1.91. The van der Waals surface area contributed by atoms with Crippen LogP contribution < -0.4 is 20.1 Å². The zero-order chi connectivity index (χ0) is 11.8. The lowest BCUT2D eigenvalue weighted by Gasteiger charge is -2.13. The minimum absolute atomic E-state index is 0.217. The molecule has 6 heteroatoms. The number of fused-ring (bicyclic) bond motifs is 1. The summed E-state index contributed by atoms with van der Waals surface area (Å²) < 4.78 is 15.6. The van der Waals surface area contributed by atoms with Gasteiger partial charge in [0.2, 0.25) is 6.79 Å². The summed E-state index contributed by atoms with van der Waals surface area (Å²) in [5.74, 6) is 1.34. The molecular weight excluding hydrogens is 224 g/mol. The van der Waals surface area contributed by atoms with Gasteiger partial charge < -0.3 is 19.9 Å². The average Bonchev–Trinajstić information content (AvgIpc) is 2.93. The Labute approximate surface area is 97.8 Å². The minimum Gasteiger partial charge on any atom is -0.454 e. The highest BCUT2D eigenvalue weighted by atomic mass is 16.7. The van der Waals surface area contributed by atoms with Crippen LogP contribution in [0.1, 0.15) is 0 Å². The van der Waals surface area contributed by atoms with E-state index < -0.39 is 0 Å². The van der Waals surface area contributed by atoms with E-state index >= 15 is 0 Å². The highest BCUT2D eigenvalue weighted by Gasteiger charge is 2.32. The van der Waals surface area contributed by atoms with Gasteiger partial charge >= 0.3 is 6.09 Å². The second-order valence-corrected chi connectivity index (χ2v) is 3.89. The molecular formula is C11H12N2O4. The number of amides is 1. The molecule has 1 saturated heterocycles. The summed E-state index contributed by atoms with van der Waals surface area (Å²) in [6.45, 7) is 1.01. The summed E-state index contributed by atoms with van der Waals surface area (Å²) >= 11 is 0. The highest BCUT2D eigenvalue weighted by molar-refractivity contribution is 5.90. The van der Waals surface area contributed by atoms with Crippen LogP contribution in [0.2, 0.25) is 0 Å². The molecule has 0 bridgehead atoms. The van der Waals surface area contributed by atoms with Gasteiger partial charge in [0, 0.05) is 12.6 Å². The van der Waals surface area contributed by atoms with E-state index in [1.807, 2.05) is 0 Å². The van der Waals surface area contributed by atoms with Crippen molar-refractivity contribution in [2.75, 3.05) is 24.8 Å². The second-order valence-electron chi connectivity index (χ2n) is 3.89.